The van der Waals surface area contributed by atoms with Crippen molar-refractivity contribution in [2.45, 2.75) is 6.54 Å². The highest BCUT2D eigenvalue weighted by atomic mass is 32.1. The second-order valence-corrected chi connectivity index (χ2v) is 4.82. The van der Waals surface area contributed by atoms with E-state index in [4.69, 9.17) is 15.2 Å². The molecular formula is C13H15N3O3S. The van der Waals surface area contributed by atoms with E-state index in [1.807, 2.05) is 5.38 Å². The molecule has 0 saturated heterocycles. The summed E-state index contributed by atoms with van der Waals surface area (Å²) in [4.78, 5) is 16.1. The predicted molar refractivity (Wildman–Crippen MR) is 77.2 cm³/mol. The number of amides is 1. The van der Waals surface area contributed by atoms with E-state index in [0.29, 0.717) is 28.7 Å². The van der Waals surface area contributed by atoms with Gasteiger partial charge in [-0.3, -0.25) is 4.79 Å². The molecular weight excluding hydrogens is 278 g/mol. The van der Waals surface area contributed by atoms with Gasteiger partial charge < -0.3 is 20.5 Å². The molecule has 1 aromatic carbocycles. The van der Waals surface area contributed by atoms with Crippen LogP contribution in [-0.4, -0.2) is 25.1 Å². The smallest absolute Gasteiger partial charge is 0.251 e. The van der Waals surface area contributed by atoms with E-state index in [1.165, 1.54) is 18.4 Å². The first-order valence-electron chi connectivity index (χ1n) is 5.84. The number of ether oxygens (including phenoxy) is 2. The SMILES string of the molecule is COc1ccc(C(=O)NCc2csc(N)n2)cc1OC. The number of thiazole rings is 1. The summed E-state index contributed by atoms with van der Waals surface area (Å²) >= 11 is 1.34. The molecule has 20 heavy (non-hydrogen) atoms. The van der Waals surface area contributed by atoms with Crippen molar-refractivity contribution in [3.8, 4) is 11.5 Å². The summed E-state index contributed by atoms with van der Waals surface area (Å²) in [6.07, 6.45) is 0. The largest absolute Gasteiger partial charge is 0.493 e. The van der Waals surface area contributed by atoms with Crippen LogP contribution < -0.4 is 20.5 Å². The van der Waals surface area contributed by atoms with Crippen LogP contribution in [0.25, 0.3) is 0 Å². The highest BCUT2D eigenvalue weighted by molar-refractivity contribution is 7.13. The number of nitrogens with one attached hydrogen (secondary N) is 1. The molecule has 0 fully saturated rings. The Bertz CT molecular complexity index is 613. The fraction of sp³-hybridized carbons (Fsp3) is 0.231. The lowest BCUT2D eigenvalue weighted by atomic mass is 10.2. The van der Waals surface area contributed by atoms with Crippen LogP contribution in [0.4, 0.5) is 5.13 Å². The lowest BCUT2D eigenvalue weighted by Gasteiger charge is -2.09. The molecule has 1 aromatic heterocycles. The zero-order valence-electron chi connectivity index (χ0n) is 11.2. The molecule has 2 rings (SSSR count). The number of nitrogens with two attached hydrogens (primary N) is 1. The molecule has 0 spiro atoms. The maximum Gasteiger partial charge on any atom is 0.251 e. The van der Waals surface area contributed by atoms with Crippen molar-refractivity contribution in [3.05, 3.63) is 34.8 Å². The van der Waals surface area contributed by atoms with E-state index in [-0.39, 0.29) is 5.91 Å². The standard InChI is InChI=1S/C13H15N3O3S/c1-18-10-4-3-8(5-11(10)19-2)12(17)15-6-9-7-20-13(14)16-9/h3-5,7H,6H2,1-2H3,(H2,14,16)(H,15,17). The maximum atomic E-state index is 12.0. The Morgan fingerprint density at radius 2 is 2.10 bits per heavy atom. The van der Waals surface area contributed by atoms with Gasteiger partial charge in [-0.25, -0.2) is 4.98 Å². The summed E-state index contributed by atoms with van der Waals surface area (Å²) < 4.78 is 10.3. The van der Waals surface area contributed by atoms with Crippen molar-refractivity contribution in [3.63, 3.8) is 0 Å². The maximum absolute atomic E-state index is 12.0. The quantitative estimate of drug-likeness (QED) is 0.875. The number of hydrogen-bond donors (Lipinski definition) is 2. The fourth-order valence-electron chi connectivity index (χ4n) is 1.65. The van der Waals surface area contributed by atoms with Gasteiger partial charge in [-0.15, -0.1) is 11.3 Å². The van der Waals surface area contributed by atoms with Crippen LogP contribution >= 0.6 is 11.3 Å². The first-order valence-corrected chi connectivity index (χ1v) is 6.72. The number of nitrogen functional groups attached to an aromatic ring is 1. The second kappa shape index (κ2) is 6.25. The van der Waals surface area contributed by atoms with Gasteiger partial charge in [0.05, 0.1) is 26.5 Å². The summed E-state index contributed by atoms with van der Waals surface area (Å²) in [6.45, 7) is 0.334. The molecule has 106 valence electrons. The van der Waals surface area contributed by atoms with Crippen LogP contribution in [0.15, 0.2) is 23.6 Å². The van der Waals surface area contributed by atoms with E-state index in [1.54, 1.807) is 25.3 Å². The van der Waals surface area contributed by atoms with Crippen molar-refractivity contribution in [2.24, 2.45) is 0 Å². The zero-order chi connectivity index (χ0) is 14.5. The van der Waals surface area contributed by atoms with Crippen LogP contribution in [0.1, 0.15) is 16.1 Å². The van der Waals surface area contributed by atoms with Crippen LogP contribution in [0.5, 0.6) is 11.5 Å². The highest BCUT2D eigenvalue weighted by Gasteiger charge is 2.11. The number of hydrogen-bond acceptors (Lipinski definition) is 6. The molecule has 0 saturated carbocycles. The first kappa shape index (κ1) is 14.1. The van der Waals surface area contributed by atoms with Crippen LogP contribution in [0, 0.1) is 0 Å². The minimum atomic E-state index is -0.211. The number of carbonyl (C=O) groups is 1. The van der Waals surface area contributed by atoms with Crippen molar-refractivity contribution in [2.75, 3.05) is 20.0 Å². The van der Waals surface area contributed by atoms with Crippen LogP contribution in [0.3, 0.4) is 0 Å². The molecule has 0 aliphatic heterocycles. The molecule has 7 heteroatoms. The van der Waals surface area contributed by atoms with Gasteiger partial charge in [0.1, 0.15) is 0 Å². The molecule has 1 heterocycles. The Morgan fingerprint density at radius 3 is 2.70 bits per heavy atom. The number of benzene rings is 1. The Hall–Kier alpha value is -2.28. The minimum absolute atomic E-state index is 0.211. The number of rotatable bonds is 5. The van der Waals surface area contributed by atoms with E-state index < -0.39 is 0 Å². The molecule has 0 unspecified atom stereocenters. The van der Waals surface area contributed by atoms with E-state index in [0.717, 1.165) is 5.69 Å². The van der Waals surface area contributed by atoms with Crippen molar-refractivity contribution < 1.29 is 14.3 Å². The van der Waals surface area contributed by atoms with E-state index in [9.17, 15) is 4.79 Å². The summed E-state index contributed by atoms with van der Waals surface area (Å²) in [6, 6.07) is 4.99. The van der Waals surface area contributed by atoms with Gasteiger partial charge in [0.2, 0.25) is 0 Å². The van der Waals surface area contributed by atoms with Gasteiger partial charge in [-0.1, -0.05) is 0 Å². The van der Waals surface area contributed by atoms with Crippen LogP contribution in [-0.2, 0) is 6.54 Å². The van der Waals surface area contributed by atoms with Gasteiger partial charge in [0.15, 0.2) is 16.6 Å². The summed E-state index contributed by atoms with van der Waals surface area (Å²) in [5.74, 6) is 0.881. The first-order chi connectivity index (χ1) is 9.63. The molecule has 0 radical (unpaired) electrons. The summed E-state index contributed by atoms with van der Waals surface area (Å²) in [7, 11) is 3.07. The lowest BCUT2D eigenvalue weighted by molar-refractivity contribution is 0.0950. The van der Waals surface area contributed by atoms with Crippen molar-refractivity contribution in [1.29, 1.82) is 0 Å². The number of methoxy groups -OCH3 is 2. The summed E-state index contributed by atoms with van der Waals surface area (Å²) in [5.41, 5.74) is 6.76. The monoisotopic (exact) mass is 293 g/mol. The van der Waals surface area contributed by atoms with Crippen molar-refractivity contribution >= 4 is 22.4 Å². The average Bonchev–Trinajstić information content (AvgIpc) is 2.89. The number of aromatic nitrogens is 1. The van der Waals surface area contributed by atoms with Crippen LogP contribution in [0.2, 0.25) is 0 Å². The van der Waals surface area contributed by atoms with Gasteiger partial charge in [0.25, 0.3) is 5.91 Å². The molecule has 0 atom stereocenters. The predicted octanol–water partition coefficient (Wildman–Crippen LogP) is 1.67. The Labute approximate surface area is 120 Å². The van der Waals surface area contributed by atoms with E-state index >= 15 is 0 Å². The van der Waals surface area contributed by atoms with Gasteiger partial charge in [0, 0.05) is 10.9 Å². The molecule has 1 amide bonds. The molecule has 0 aliphatic rings. The summed E-state index contributed by atoms with van der Waals surface area (Å²) in [5, 5.41) is 5.07. The molecule has 6 nitrogen and oxygen atoms in total. The second-order valence-electron chi connectivity index (χ2n) is 3.93. The Balaban J connectivity index is 2.05. The minimum Gasteiger partial charge on any atom is -0.493 e. The third kappa shape index (κ3) is 3.18. The van der Waals surface area contributed by atoms with Gasteiger partial charge in [-0.2, -0.15) is 0 Å². The Kier molecular flexibility index (Phi) is 4.41. The number of anilines is 1. The topological polar surface area (TPSA) is 86.5 Å². The lowest BCUT2D eigenvalue weighted by Crippen LogP contribution is -2.23. The van der Waals surface area contributed by atoms with E-state index in [2.05, 4.69) is 10.3 Å². The molecule has 0 aliphatic carbocycles. The third-order valence-corrected chi connectivity index (χ3v) is 3.37. The molecule has 3 N–H and O–H groups in total. The third-order valence-electron chi connectivity index (χ3n) is 2.65. The molecule has 0 bridgehead atoms. The van der Waals surface area contributed by atoms with Gasteiger partial charge in [-0.05, 0) is 18.2 Å². The molecule has 2 aromatic rings. The number of nitrogens with zero attached hydrogens (tertiary/aromatic N) is 1. The Morgan fingerprint density at radius 1 is 1.35 bits per heavy atom. The normalized spacial score (nSPS) is 10.1. The highest BCUT2D eigenvalue weighted by Crippen LogP contribution is 2.27. The zero-order valence-corrected chi connectivity index (χ0v) is 12.0. The van der Waals surface area contributed by atoms with Gasteiger partial charge >= 0.3 is 0 Å². The van der Waals surface area contributed by atoms with Crippen molar-refractivity contribution in [1.82, 2.24) is 10.3 Å². The average molecular weight is 293 g/mol. The number of carbonyl (C=O) groups excluding carboxylic acids is 1. The fourth-order valence-corrected chi connectivity index (χ4v) is 2.22.